The summed E-state index contributed by atoms with van der Waals surface area (Å²) in [5.41, 5.74) is 5.41. The van der Waals surface area contributed by atoms with Crippen molar-refractivity contribution in [2.24, 2.45) is 0 Å². The van der Waals surface area contributed by atoms with Gasteiger partial charge in [0.1, 0.15) is 0 Å². The molecule has 0 radical (unpaired) electrons. The number of carbonyl (C=O) groups is 1. The molecule has 0 rings (SSSR count). The normalized spacial score (nSPS) is 12.3. The van der Waals surface area contributed by atoms with Crippen molar-refractivity contribution in [3.63, 3.8) is 0 Å². The maximum Gasteiger partial charge on any atom is 0.330 e. The van der Waals surface area contributed by atoms with Crippen molar-refractivity contribution in [2.75, 3.05) is 6.61 Å². The fourth-order valence-electron chi connectivity index (χ4n) is 1.74. The van der Waals surface area contributed by atoms with E-state index >= 15 is 0 Å². The average Bonchev–Trinajstić information content (AvgIpc) is 2.35. The van der Waals surface area contributed by atoms with Crippen LogP contribution in [0.2, 0.25) is 0 Å². The topological polar surface area (TPSA) is 26.3 Å². The summed E-state index contributed by atoms with van der Waals surface area (Å²) >= 11 is 0. The van der Waals surface area contributed by atoms with Crippen molar-refractivity contribution in [1.82, 2.24) is 0 Å². The molecule has 2 nitrogen and oxygen atoms in total. The third-order valence-corrected chi connectivity index (χ3v) is 3.43. The van der Waals surface area contributed by atoms with Gasteiger partial charge < -0.3 is 4.74 Å². The molecule has 0 fully saturated rings. The number of hydrogen-bond donors (Lipinski definition) is 0. The van der Waals surface area contributed by atoms with Crippen LogP contribution in [0.3, 0.4) is 0 Å². The van der Waals surface area contributed by atoms with Crippen molar-refractivity contribution in [3.8, 4) is 0 Å². The van der Waals surface area contributed by atoms with Gasteiger partial charge in [-0.25, -0.2) is 4.79 Å². The van der Waals surface area contributed by atoms with E-state index in [1.54, 1.807) is 6.08 Å². The second-order valence-corrected chi connectivity index (χ2v) is 5.61. The van der Waals surface area contributed by atoms with E-state index < -0.39 is 0 Å². The quantitative estimate of drug-likeness (QED) is 0.339. The Labute approximate surface area is 124 Å². The highest BCUT2D eigenvalue weighted by Gasteiger charge is 1.98. The van der Waals surface area contributed by atoms with Crippen LogP contribution in [0.4, 0.5) is 0 Å². The van der Waals surface area contributed by atoms with Gasteiger partial charge in [0.05, 0.1) is 6.61 Å². The lowest BCUT2D eigenvalue weighted by Crippen LogP contribution is -2.00. The molecule has 0 heterocycles. The van der Waals surface area contributed by atoms with Crippen LogP contribution < -0.4 is 0 Å². The lowest BCUT2D eigenvalue weighted by Gasteiger charge is -2.05. The van der Waals surface area contributed by atoms with Crippen LogP contribution in [0, 0.1) is 0 Å². The van der Waals surface area contributed by atoms with E-state index in [1.165, 1.54) is 16.7 Å². The molecule has 0 bridgehead atoms. The van der Waals surface area contributed by atoms with Gasteiger partial charge in [-0.15, -0.1) is 0 Å². The second kappa shape index (κ2) is 10.5. The Morgan fingerprint density at radius 2 is 1.60 bits per heavy atom. The zero-order valence-corrected chi connectivity index (χ0v) is 14.0. The van der Waals surface area contributed by atoms with Crippen LogP contribution in [0.5, 0.6) is 0 Å². The molecule has 0 saturated carbocycles. The first-order valence-corrected chi connectivity index (χ1v) is 7.49. The lowest BCUT2D eigenvalue weighted by atomic mass is 10.0. The maximum absolute atomic E-state index is 11.3. The highest BCUT2D eigenvalue weighted by Crippen LogP contribution is 2.15. The Bertz CT molecular complexity index is 394. The Balaban J connectivity index is 4.11. The highest BCUT2D eigenvalue weighted by atomic mass is 16.5. The number of allylic oxidation sites excluding steroid dienone is 5. The van der Waals surface area contributed by atoms with Gasteiger partial charge in [0.2, 0.25) is 0 Å². The molecule has 0 N–H and O–H groups in total. The first kappa shape index (κ1) is 18.7. The zero-order chi connectivity index (χ0) is 15.5. The molecule has 0 atom stereocenters. The number of hydrogen-bond acceptors (Lipinski definition) is 2. The Morgan fingerprint density at radius 1 is 0.950 bits per heavy atom. The molecular formula is C18H30O2. The summed E-state index contributed by atoms with van der Waals surface area (Å²) in [7, 11) is 0. The van der Waals surface area contributed by atoms with Gasteiger partial charge in [0, 0.05) is 6.08 Å². The second-order valence-electron chi connectivity index (χ2n) is 5.61. The summed E-state index contributed by atoms with van der Waals surface area (Å²) in [6, 6.07) is 0. The molecule has 20 heavy (non-hydrogen) atoms. The van der Waals surface area contributed by atoms with Gasteiger partial charge in [-0.05, 0) is 67.2 Å². The molecular weight excluding hydrogens is 248 g/mol. The Kier molecular flexibility index (Phi) is 9.79. The first-order valence-electron chi connectivity index (χ1n) is 7.49. The molecule has 0 saturated heterocycles. The van der Waals surface area contributed by atoms with E-state index in [4.69, 9.17) is 4.74 Å². The molecule has 0 amide bonds. The fourth-order valence-corrected chi connectivity index (χ4v) is 1.74. The van der Waals surface area contributed by atoms with Gasteiger partial charge in [-0.2, -0.15) is 0 Å². The Hall–Kier alpha value is -1.31. The minimum Gasteiger partial charge on any atom is -0.463 e. The van der Waals surface area contributed by atoms with Crippen LogP contribution in [0.1, 0.15) is 67.2 Å². The molecule has 0 aliphatic rings. The van der Waals surface area contributed by atoms with Crippen molar-refractivity contribution in [3.05, 3.63) is 34.4 Å². The van der Waals surface area contributed by atoms with Crippen molar-refractivity contribution in [2.45, 2.75) is 67.2 Å². The van der Waals surface area contributed by atoms with Crippen molar-refractivity contribution in [1.29, 1.82) is 0 Å². The van der Waals surface area contributed by atoms with Crippen LogP contribution in [0.25, 0.3) is 0 Å². The van der Waals surface area contributed by atoms with E-state index in [-0.39, 0.29) is 5.97 Å². The highest BCUT2D eigenvalue weighted by molar-refractivity contribution is 5.82. The third-order valence-electron chi connectivity index (χ3n) is 3.43. The molecule has 0 aromatic heterocycles. The molecule has 0 spiro atoms. The first-order chi connectivity index (χ1) is 9.36. The Morgan fingerprint density at radius 3 is 2.15 bits per heavy atom. The zero-order valence-electron chi connectivity index (χ0n) is 14.0. The van der Waals surface area contributed by atoms with E-state index in [1.807, 2.05) is 13.8 Å². The summed E-state index contributed by atoms with van der Waals surface area (Å²) in [4.78, 5) is 11.3. The molecule has 0 aromatic rings. The van der Waals surface area contributed by atoms with Crippen molar-refractivity contribution >= 4 is 5.97 Å². The summed E-state index contributed by atoms with van der Waals surface area (Å²) in [6.45, 7) is 13.0. The molecule has 0 aliphatic heterocycles. The number of carbonyl (C=O) groups excluding carboxylic acids is 1. The van der Waals surface area contributed by atoms with Crippen LogP contribution in [0.15, 0.2) is 34.4 Å². The van der Waals surface area contributed by atoms with Gasteiger partial charge in [0.15, 0.2) is 0 Å². The van der Waals surface area contributed by atoms with Gasteiger partial charge in [0.25, 0.3) is 0 Å². The molecule has 2 heteroatoms. The maximum atomic E-state index is 11.3. The predicted octanol–water partition coefficient (Wildman–Crippen LogP) is 5.36. The standard InChI is InChI=1S/C18H30O2/c1-7-20-18(19)13-16(5)10-8-9-15(4)11-12-17(6)14(2)3/h9,13H,7-8,10-12H2,1-6H3. The van der Waals surface area contributed by atoms with Gasteiger partial charge >= 0.3 is 5.97 Å². The summed E-state index contributed by atoms with van der Waals surface area (Å²) < 4.78 is 4.89. The minimum atomic E-state index is -0.232. The summed E-state index contributed by atoms with van der Waals surface area (Å²) in [5.74, 6) is -0.232. The van der Waals surface area contributed by atoms with E-state index in [0.717, 1.165) is 31.3 Å². The fraction of sp³-hybridized carbons (Fsp3) is 0.611. The molecule has 0 aromatic carbocycles. The minimum absolute atomic E-state index is 0.232. The van der Waals surface area contributed by atoms with E-state index in [2.05, 4.69) is 33.8 Å². The summed E-state index contributed by atoms with van der Waals surface area (Å²) in [5, 5.41) is 0. The lowest BCUT2D eigenvalue weighted by molar-refractivity contribution is -0.137. The monoisotopic (exact) mass is 278 g/mol. The van der Waals surface area contributed by atoms with Crippen LogP contribution >= 0.6 is 0 Å². The summed E-state index contributed by atoms with van der Waals surface area (Å²) in [6.07, 6.45) is 8.04. The molecule has 114 valence electrons. The number of ether oxygens (including phenoxy) is 1. The SMILES string of the molecule is CCOC(=O)C=C(C)CCC=C(C)CCC(C)=C(C)C. The molecule has 0 unspecified atom stereocenters. The molecule has 0 aliphatic carbocycles. The average molecular weight is 278 g/mol. The van der Waals surface area contributed by atoms with Crippen LogP contribution in [-0.4, -0.2) is 12.6 Å². The predicted molar refractivity (Wildman–Crippen MR) is 86.7 cm³/mol. The van der Waals surface area contributed by atoms with Crippen molar-refractivity contribution < 1.29 is 9.53 Å². The van der Waals surface area contributed by atoms with E-state index in [9.17, 15) is 4.79 Å². The smallest absolute Gasteiger partial charge is 0.330 e. The van der Waals surface area contributed by atoms with Gasteiger partial charge in [-0.1, -0.05) is 28.4 Å². The number of esters is 1. The van der Waals surface area contributed by atoms with Crippen LogP contribution in [-0.2, 0) is 9.53 Å². The number of rotatable bonds is 8. The third kappa shape index (κ3) is 9.60. The largest absolute Gasteiger partial charge is 0.463 e. The van der Waals surface area contributed by atoms with Gasteiger partial charge in [-0.3, -0.25) is 0 Å². The van der Waals surface area contributed by atoms with E-state index in [0.29, 0.717) is 6.61 Å².